The van der Waals surface area contributed by atoms with Crippen molar-refractivity contribution in [3.05, 3.63) is 36.5 Å². The van der Waals surface area contributed by atoms with Crippen molar-refractivity contribution in [2.45, 2.75) is 328 Å². The first-order valence-electron chi connectivity index (χ1n) is 29.5. The third-order valence-electron chi connectivity index (χ3n) is 13.4. The first-order valence-corrected chi connectivity index (χ1v) is 29.5. The number of unbranched alkanes of at least 4 members (excludes halogenated alkanes) is 41. The molecule has 1 unspecified atom stereocenters. The summed E-state index contributed by atoms with van der Waals surface area (Å²) in [4.78, 5) is 24.5. The highest BCUT2D eigenvalue weighted by Crippen LogP contribution is 2.18. The van der Waals surface area contributed by atoms with E-state index in [0.29, 0.717) is 12.8 Å². The summed E-state index contributed by atoms with van der Waals surface area (Å²) in [6, 6.07) is 0. The Morgan fingerprint density at radius 3 is 0.909 bits per heavy atom. The van der Waals surface area contributed by atoms with E-state index in [9.17, 15) is 14.7 Å². The van der Waals surface area contributed by atoms with Gasteiger partial charge in [-0.3, -0.25) is 9.59 Å². The Kier molecular flexibility index (Phi) is 55.8. The number of hydrogen-bond donors (Lipinski definition) is 1. The fraction of sp³-hybridized carbons (Fsp3) is 0.869. The number of ether oxygens (including phenoxy) is 2. The first kappa shape index (κ1) is 64.1. The van der Waals surface area contributed by atoms with E-state index in [2.05, 4.69) is 50.3 Å². The van der Waals surface area contributed by atoms with Gasteiger partial charge in [0.05, 0.1) is 6.61 Å². The van der Waals surface area contributed by atoms with Gasteiger partial charge in [-0.05, 0) is 51.4 Å². The third-order valence-corrected chi connectivity index (χ3v) is 13.4. The lowest BCUT2D eigenvalue weighted by Gasteiger charge is -2.15. The summed E-state index contributed by atoms with van der Waals surface area (Å²) >= 11 is 0. The fourth-order valence-electron chi connectivity index (χ4n) is 8.98. The lowest BCUT2D eigenvalue weighted by atomic mass is 10.0. The van der Waals surface area contributed by atoms with E-state index < -0.39 is 6.10 Å². The molecule has 0 aromatic carbocycles. The van der Waals surface area contributed by atoms with Crippen LogP contribution in [0, 0.1) is 0 Å². The SMILES string of the molecule is CCCCCCC/C=C\C/C=C\C/C=C\CCCCCCCCC(=O)OC(CO)COC(=O)CCCCCCCCCCCCCCCCCCCCCCCCCCCCCCCCC. The van der Waals surface area contributed by atoms with Crippen LogP contribution in [-0.4, -0.2) is 36.4 Å². The van der Waals surface area contributed by atoms with Crippen molar-refractivity contribution in [1.82, 2.24) is 0 Å². The third kappa shape index (κ3) is 54.7. The van der Waals surface area contributed by atoms with Crippen LogP contribution < -0.4 is 0 Å². The molecule has 0 rings (SSSR count). The summed E-state index contributed by atoms with van der Waals surface area (Å²) in [7, 11) is 0. The molecule has 0 fully saturated rings. The fourth-order valence-corrected chi connectivity index (χ4v) is 8.98. The molecule has 1 N–H and O–H groups in total. The van der Waals surface area contributed by atoms with Crippen LogP contribution in [0.5, 0.6) is 0 Å². The summed E-state index contributed by atoms with van der Waals surface area (Å²) in [5, 5.41) is 9.65. The number of aliphatic hydroxyl groups excluding tert-OH is 1. The predicted octanol–water partition coefficient (Wildman–Crippen LogP) is 19.9. The highest BCUT2D eigenvalue weighted by molar-refractivity contribution is 5.70. The molecule has 0 aliphatic rings. The van der Waals surface area contributed by atoms with E-state index in [1.165, 1.54) is 238 Å². The molecule has 0 heterocycles. The summed E-state index contributed by atoms with van der Waals surface area (Å²) in [6.07, 6.45) is 74.2. The van der Waals surface area contributed by atoms with Crippen LogP contribution in [0.25, 0.3) is 0 Å². The molecule has 66 heavy (non-hydrogen) atoms. The van der Waals surface area contributed by atoms with Gasteiger partial charge in [-0.2, -0.15) is 0 Å². The van der Waals surface area contributed by atoms with Gasteiger partial charge in [-0.1, -0.05) is 294 Å². The molecule has 388 valence electrons. The van der Waals surface area contributed by atoms with Gasteiger partial charge in [0.1, 0.15) is 6.61 Å². The number of allylic oxidation sites excluding steroid dienone is 6. The Balaban J connectivity index is 3.43. The zero-order valence-corrected chi connectivity index (χ0v) is 44.5. The minimum Gasteiger partial charge on any atom is -0.462 e. The van der Waals surface area contributed by atoms with Gasteiger partial charge in [0.15, 0.2) is 6.10 Å². The van der Waals surface area contributed by atoms with E-state index in [4.69, 9.17) is 9.47 Å². The van der Waals surface area contributed by atoms with E-state index >= 15 is 0 Å². The molecule has 0 saturated heterocycles. The number of carbonyl (C=O) groups excluding carboxylic acids is 2. The van der Waals surface area contributed by atoms with Crippen LogP contribution in [0.1, 0.15) is 322 Å². The van der Waals surface area contributed by atoms with E-state index in [-0.39, 0.29) is 25.2 Å². The molecule has 0 radical (unpaired) electrons. The van der Waals surface area contributed by atoms with Crippen LogP contribution in [0.15, 0.2) is 36.5 Å². The number of rotatable bonds is 55. The Labute approximate surface area is 412 Å². The number of carbonyl (C=O) groups is 2. The summed E-state index contributed by atoms with van der Waals surface area (Å²) in [5.74, 6) is -0.589. The number of esters is 2. The lowest BCUT2D eigenvalue weighted by Crippen LogP contribution is -2.28. The number of hydrogen-bond acceptors (Lipinski definition) is 5. The van der Waals surface area contributed by atoms with Crippen molar-refractivity contribution in [2.24, 2.45) is 0 Å². The van der Waals surface area contributed by atoms with E-state index in [1.807, 2.05) is 0 Å². The maximum absolute atomic E-state index is 12.3. The molecule has 5 heteroatoms. The van der Waals surface area contributed by atoms with E-state index in [0.717, 1.165) is 57.8 Å². The molecule has 1 atom stereocenters. The summed E-state index contributed by atoms with van der Waals surface area (Å²) in [5.41, 5.74) is 0. The van der Waals surface area contributed by atoms with Crippen molar-refractivity contribution in [1.29, 1.82) is 0 Å². The average Bonchev–Trinajstić information content (AvgIpc) is 3.32. The van der Waals surface area contributed by atoms with Crippen molar-refractivity contribution >= 4 is 11.9 Å². The zero-order valence-electron chi connectivity index (χ0n) is 44.5. The van der Waals surface area contributed by atoms with Crippen molar-refractivity contribution in [3.63, 3.8) is 0 Å². The summed E-state index contributed by atoms with van der Waals surface area (Å²) in [6.45, 7) is 4.16. The van der Waals surface area contributed by atoms with E-state index in [1.54, 1.807) is 0 Å². The lowest BCUT2D eigenvalue weighted by molar-refractivity contribution is -0.161. The second-order valence-electron chi connectivity index (χ2n) is 20.1. The Morgan fingerprint density at radius 1 is 0.348 bits per heavy atom. The van der Waals surface area contributed by atoms with Crippen molar-refractivity contribution in [2.75, 3.05) is 13.2 Å². The Bertz CT molecular complexity index is 1050. The predicted molar refractivity (Wildman–Crippen MR) is 288 cm³/mol. The van der Waals surface area contributed by atoms with Crippen LogP contribution in [0.3, 0.4) is 0 Å². The number of aliphatic hydroxyl groups is 1. The molecule has 0 saturated carbocycles. The van der Waals surface area contributed by atoms with Gasteiger partial charge >= 0.3 is 11.9 Å². The summed E-state index contributed by atoms with van der Waals surface area (Å²) < 4.78 is 10.7. The highest BCUT2D eigenvalue weighted by Gasteiger charge is 2.16. The monoisotopic (exact) mass is 927 g/mol. The van der Waals surface area contributed by atoms with Gasteiger partial charge < -0.3 is 14.6 Å². The smallest absolute Gasteiger partial charge is 0.306 e. The second kappa shape index (κ2) is 57.4. The maximum atomic E-state index is 12.3. The van der Waals surface area contributed by atoms with Gasteiger partial charge in [0, 0.05) is 12.8 Å². The second-order valence-corrected chi connectivity index (χ2v) is 20.1. The molecule has 0 aliphatic carbocycles. The van der Waals surface area contributed by atoms with Crippen molar-refractivity contribution < 1.29 is 24.2 Å². The molecule has 0 bridgehead atoms. The molecule has 0 aromatic rings. The first-order chi connectivity index (χ1) is 32.6. The highest BCUT2D eigenvalue weighted by atomic mass is 16.6. The molecule has 0 amide bonds. The van der Waals surface area contributed by atoms with Crippen LogP contribution >= 0.6 is 0 Å². The van der Waals surface area contributed by atoms with Gasteiger partial charge in [0.2, 0.25) is 0 Å². The van der Waals surface area contributed by atoms with Gasteiger partial charge in [-0.25, -0.2) is 0 Å². The largest absolute Gasteiger partial charge is 0.462 e. The quantitative estimate of drug-likeness (QED) is 0.0374. The molecule has 0 aliphatic heterocycles. The molecule has 5 nitrogen and oxygen atoms in total. The topological polar surface area (TPSA) is 72.8 Å². The van der Waals surface area contributed by atoms with Crippen LogP contribution in [0.2, 0.25) is 0 Å². The molecule has 0 spiro atoms. The van der Waals surface area contributed by atoms with Crippen LogP contribution in [-0.2, 0) is 19.1 Å². The standard InChI is InChI=1S/C61H114O5/c1-3-5-7-9-11-13-15-17-19-21-23-25-26-27-28-29-30-31-32-33-34-36-37-39-41-43-45-47-49-51-53-55-60(63)65-58-59(57-62)66-61(64)56-54-52-50-48-46-44-42-40-38-35-24-22-20-18-16-14-12-10-8-6-4-2/h16,18,22,24,38,40,59,62H,3-15,17,19-21,23,25-37,39,41-58H2,1-2H3/b18-16-,24-22-,40-38-. The zero-order chi connectivity index (χ0) is 47.7. The van der Waals surface area contributed by atoms with Gasteiger partial charge in [-0.15, -0.1) is 0 Å². The average molecular weight is 928 g/mol. The minimum absolute atomic E-state index is 0.0674. The molecular weight excluding hydrogens is 813 g/mol. The molecular formula is C61H114O5. The normalized spacial score (nSPS) is 12.3. The van der Waals surface area contributed by atoms with Crippen molar-refractivity contribution in [3.8, 4) is 0 Å². The Morgan fingerprint density at radius 2 is 0.606 bits per heavy atom. The molecule has 0 aromatic heterocycles. The maximum Gasteiger partial charge on any atom is 0.306 e. The van der Waals surface area contributed by atoms with Gasteiger partial charge in [0.25, 0.3) is 0 Å². The van der Waals surface area contributed by atoms with Crippen LogP contribution in [0.4, 0.5) is 0 Å². The minimum atomic E-state index is -0.778. The Hall–Kier alpha value is -1.88.